The monoisotopic (exact) mass is 341 g/mol. The molecule has 6 heteroatoms. The lowest BCUT2D eigenvalue weighted by atomic mass is 10.0. The summed E-state index contributed by atoms with van der Waals surface area (Å²) in [6.45, 7) is 0. The highest BCUT2D eigenvalue weighted by molar-refractivity contribution is 5.94. The number of carboxylic acids is 1. The van der Waals surface area contributed by atoms with Crippen LogP contribution in [0, 0.1) is 0 Å². The number of hydrogen-bond donors (Lipinski definition) is 2. The maximum atomic E-state index is 11.4. The number of fused-ring (bicyclic) bond motifs is 1. The average molecular weight is 341 g/mol. The van der Waals surface area contributed by atoms with Gasteiger partial charge in [0.1, 0.15) is 5.75 Å². The van der Waals surface area contributed by atoms with Crippen molar-refractivity contribution in [2.24, 2.45) is 0 Å². The number of hydrogen-bond acceptors (Lipinski definition) is 4. The molecular weight excluding hydrogens is 322 g/mol. The van der Waals surface area contributed by atoms with E-state index in [4.69, 9.17) is 14.2 Å². The van der Waals surface area contributed by atoms with Crippen LogP contribution in [0.1, 0.15) is 5.56 Å². The Morgan fingerprint density at radius 3 is 2.40 bits per heavy atom. The van der Waals surface area contributed by atoms with Crippen molar-refractivity contribution in [1.29, 1.82) is 0 Å². The molecule has 2 N–H and O–H groups in total. The van der Waals surface area contributed by atoms with Crippen molar-refractivity contribution in [3.63, 3.8) is 0 Å². The van der Waals surface area contributed by atoms with Gasteiger partial charge in [0.05, 0.1) is 33.4 Å². The van der Waals surface area contributed by atoms with Crippen LogP contribution in [0.5, 0.6) is 17.2 Å². The number of rotatable bonds is 6. The summed E-state index contributed by atoms with van der Waals surface area (Å²) < 4.78 is 15.9. The topological polar surface area (TPSA) is 80.8 Å². The fourth-order valence-electron chi connectivity index (χ4n) is 2.93. The van der Waals surface area contributed by atoms with E-state index >= 15 is 0 Å². The Morgan fingerprint density at radius 1 is 1.00 bits per heavy atom. The minimum Gasteiger partial charge on any atom is -0.497 e. The molecule has 130 valence electrons. The smallest absolute Gasteiger partial charge is 0.307 e. The van der Waals surface area contributed by atoms with Gasteiger partial charge in [-0.15, -0.1) is 0 Å². The first-order chi connectivity index (χ1) is 12.1. The Balaban J connectivity index is 2.22. The average Bonchev–Trinajstić information content (AvgIpc) is 2.98. The van der Waals surface area contributed by atoms with E-state index in [1.54, 1.807) is 27.4 Å². The van der Waals surface area contributed by atoms with Crippen LogP contribution < -0.4 is 14.2 Å². The van der Waals surface area contributed by atoms with E-state index in [-0.39, 0.29) is 6.42 Å². The Bertz CT molecular complexity index is 929. The standard InChI is InChI=1S/C19H19NO5/c1-23-12-5-6-15-13(9-12)14(10-18(21)22)19(20-15)11-4-7-16(24-2)17(8-11)25-3/h4-9,20H,10H2,1-3H3,(H,21,22). The number of H-pyrrole nitrogens is 1. The summed E-state index contributed by atoms with van der Waals surface area (Å²) in [6, 6.07) is 11.0. The number of aromatic amines is 1. The van der Waals surface area contributed by atoms with Gasteiger partial charge in [-0.25, -0.2) is 0 Å². The van der Waals surface area contributed by atoms with Crippen LogP contribution in [0.4, 0.5) is 0 Å². The first-order valence-electron chi connectivity index (χ1n) is 7.70. The fourth-order valence-corrected chi connectivity index (χ4v) is 2.93. The number of aromatic nitrogens is 1. The molecule has 1 heterocycles. The molecule has 0 atom stereocenters. The molecule has 0 bridgehead atoms. The van der Waals surface area contributed by atoms with Crippen LogP contribution in [0.25, 0.3) is 22.2 Å². The molecule has 0 spiro atoms. The van der Waals surface area contributed by atoms with Crippen molar-refractivity contribution >= 4 is 16.9 Å². The van der Waals surface area contributed by atoms with Gasteiger partial charge in [-0.2, -0.15) is 0 Å². The molecule has 0 radical (unpaired) electrons. The summed E-state index contributed by atoms with van der Waals surface area (Å²) in [5.74, 6) is 0.976. The van der Waals surface area contributed by atoms with Crippen LogP contribution in [0.3, 0.4) is 0 Å². The number of carbonyl (C=O) groups is 1. The van der Waals surface area contributed by atoms with Gasteiger partial charge >= 0.3 is 5.97 Å². The van der Waals surface area contributed by atoms with Crippen molar-refractivity contribution in [1.82, 2.24) is 4.98 Å². The van der Waals surface area contributed by atoms with Crippen molar-refractivity contribution in [3.05, 3.63) is 42.0 Å². The molecule has 0 unspecified atom stereocenters. The van der Waals surface area contributed by atoms with E-state index in [1.165, 1.54) is 0 Å². The number of benzene rings is 2. The lowest BCUT2D eigenvalue weighted by molar-refractivity contribution is -0.136. The van der Waals surface area contributed by atoms with Gasteiger partial charge in [-0.3, -0.25) is 4.79 Å². The second-order valence-electron chi connectivity index (χ2n) is 5.53. The molecule has 2 aromatic carbocycles. The van der Waals surface area contributed by atoms with E-state index < -0.39 is 5.97 Å². The predicted octanol–water partition coefficient (Wildman–Crippen LogP) is 3.49. The third-order valence-corrected chi connectivity index (χ3v) is 4.11. The second-order valence-corrected chi connectivity index (χ2v) is 5.53. The first kappa shape index (κ1) is 16.7. The summed E-state index contributed by atoms with van der Waals surface area (Å²) in [5.41, 5.74) is 3.12. The Morgan fingerprint density at radius 2 is 1.76 bits per heavy atom. The van der Waals surface area contributed by atoms with Crippen LogP contribution in [0.15, 0.2) is 36.4 Å². The van der Waals surface area contributed by atoms with Gasteiger partial charge in [-0.05, 0) is 42.0 Å². The molecule has 0 amide bonds. The van der Waals surface area contributed by atoms with Crippen LogP contribution in [0.2, 0.25) is 0 Å². The molecule has 25 heavy (non-hydrogen) atoms. The van der Waals surface area contributed by atoms with Gasteiger partial charge in [0.2, 0.25) is 0 Å². The number of ether oxygens (including phenoxy) is 3. The molecule has 0 aliphatic rings. The van der Waals surface area contributed by atoms with Crippen molar-refractivity contribution in [2.75, 3.05) is 21.3 Å². The molecule has 0 aliphatic heterocycles. The highest BCUT2D eigenvalue weighted by atomic mass is 16.5. The third-order valence-electron chi connectivity index (χ3n) is 4.11. The molecule has 0 saturated heterocycles. The summed E-state index contributed by atoms with van der Waals surface area (Å²) in [7, 11) is 4.72. The van der Waals surface area contributed by atoms with E-state index in [9.17, 15) is 9.90 Å². The summed E-state index contributed by atoms with van der Waals surface area (Å²) >= 11 is 0. The molecular formula is C19H19NO5. The zero-order valence-electron chi connectivity index (χ0n) is 14.3. The van der Waals surface area contributed by atoms with Gasteiger partial charge in [0.25, 0.3) is 0 Å². The molecule has 6 nitrogen and oxygen atoms in total. The molecule has 0 aliphatic carbocycles. The Kier molecular flexibility index (Phi) is 4.52. The van der Waals surface area contributed by atoms with E-state index in [0.29, 0.717) is 22.8 Å². The normalized spacial score (nSPS) is 10.7. The summed E-state index contributed by atoms with van der Waals surface area (Å²) in [5, 5.41) is 10.2. The largest absolute Gasteiger partial charge is 0.497 e. The molecule has 0 saturated carbocycles. The fraction of sp³-hybridized carbons (Fsp3) is 0.211. The predicted molar refractivity (Wildman–Crippen MR) is 94.7 cm³/mol. The first-order valence-corrected chi connectivity index (χ1v) is 7.70. The van der Waals surface area contributed by atoms with Crippen LogP contribution in [-0.2, 0) is 11.2 Å². The van der Waals surface area contributed by atoms with Gasteiger partial charge in [0.15, 0.2) is 11.5 Å². The van der Waals surface area contributed by atoms with Gasteiger partial charge in [0, 0.05) is 16.5 Å². The summed E-state index contributed by atoms with van der Waals surface area (Å²) in [4.78, 5) is 14.7. The zero-order valence-corrected chi connectivity index (χ0v) is 14.3. The molecule has 3 aromatic rings. The van der Waals surface area contributed by atoms with Crippen LogP contribution >= 0.6 is 0 Å². The minimum absolute atomic E-state index is 0.100. The van der Waals surface area contributed by atoms with Crippen LogP contribution in [-0.4, -0.2) is 37.4 Å². The van der Waals surface area contributed by atoms with Crippen molar-refractivity contribution in [3.8, 4) is 28.5 Å². The number of aliphatic carboxylic acids is 1. The number of carboxylic acid groups (broad SMARTS) is 1. The maximum Gasteiger partial charge on any atom is 0.307 e. The van der Waals surface area contributed by atoms with E-state index in [2.05, 4.69) is 4.98 Å². The number of methoxy groups -OCH3 is 3. The quantitative estimate of drug-likeness (QED) is 0.717. The lowest BCUT2D eigenvalue weighted by Gasteiger charge is -2.10. The second kappa shape index (κ2) is 6.76. The SMILES string of the molecule is COc1ccc2[nH]c(-c3ccc(OC)c(OC)c3)c(CC(=O)O)c2c1. The zero-order chi connectivity index (χ0) is 18.0. The Hall–Kier alpha value is -3.15. The highest BCUT2D eigenvalue weighted by Gasteiger charge is 2.18. The lowest BCUT2D eigenvalue weighted by Crippen LogP contribution is -2.01. The van der Waals surface area contributed by atoms with Crippen molar-refractivity contribution in [2.45, 2.75) is 6.42 Å². The van der Waals surface area contributed by atoms with E-state index in [0.717, 1.165) is 22.2 Å². The van der Waals surface area contributed by atoms with E-state index in [1.807, 2.05) is 30.3 Å². The van der Waals surface area contributed by atoms with Gasteiger partial charge in [-0.1, -0.05) is 0 Å². The number of nitrogens with one attached hydrogen (secondary N) is 1. The molecule has 3 rings (SSSR count). The third kappa shape index (κ3) is 3.10. The minimum atomic E-state index is -0.898. The summed E-state index contributed by atoms with van der Waals surface area (Å²) in [6.07, 6.45) is -0.100. The molecule has 1 aromatic heterocycles. The van der Waals surface area contributed by atoms with Crippen molar-refractivity contribution < 1.29 is 24.1 Å². The highest BCUT2D eigenvalue weighted by Crippen LogP contribution is 2.37. The Labute approximate surface area is 145 Å². The maximum absolute atomic E-state index is 11.4. The molecule has 0 fully saturated rings. The van der Waals surface area contributed by atoms with Gasteiger partial charge < -0.3 is 24.3 Å².